The molecule has 6 heteroatoms. The van der Waals surface area contributed by atoms with Gasteiger partial charge >= 0.3 is 0 Å². The molecule has 1 atom stereocenters. The lowest BCUT2D eigenvalue weighted by atomic mass is 10.1. The molecule has 0 bridgehead atoms. The molecule has 114 valence electrons. The highest BCUT2D eigenvalue weighted by Gasteiger charge is 2.22. The van der Waals surface area contributed by atoms with Crippen molar-refractivity contribution in [3.8, 4) is 0 Å². The number of hydrogen-bond donors (Lipinski definition) is 2. The maximum absolute atomic E-state index is 12.0. The number of amides is 1. The van der Waals surface area contributed by atoms with Gasteiger partial charge in [-0.25, -0.2) is 4.98 Å². The van der Waals surface area contributed by atoms with Gasteiger partial charge in [0.1, 0.15) is 11.9 Å². The molecule has 1 unspecified atom stereocenters. The van der Waals surface area contributed by atoms with Gasteiger partial charge in [-0.3, -0.25) is 4.79 Å². The van der Waals surface area contributed by atoms with Crippen LogP contribution in [0, 0.1) is 0 Å². The van der Waals surface area contributed by atoms with Crippen LogP contribution in [0.1, 0.15) is 19.3 Å². The summed E-state index contributed by atoms with van der Waals surface area (Å²) in [5, 5.41) is 5.95. The van der Waals surface area contributed by atoms with Gasteiger partial charge in [-0.2, -0.15) is 0 Å². The number of hydrogen-bond acceptors (Lipinski definition) is 5. The van der Waals surface area contributed by atoms with E-state index < -0.39 is 6.10 Å². The minimum atomic E-state index is -0.428. The van der Waals surface area contributed by atoms with Crippen LogP contribution >= 0.6 is 0 Å². The fourth-order valence-corrected chi connectivity index (χ4v) is 2.74. The van der Waals surface area contributed by atoms with E-state index in [0.29, 0.717) is 19.0 Å². The lowest BCUT2D eigenvalue weighted by Gasteiger charge is -2.28. The third kappa shape index (κ3) is 3.71. The van der Waals surface area contributed by atoms with Crippen molar-refractivity contribution in [1.29, 1.82) is 0 Å². The predicted molar refractivity (Wildman–Crippen MR) is 81.5 cm³/mol. The van der Waals surface area contributed by atoms with Crippen molar-refractivity contribution in [2.45, 2.75) is 25.4 Å². The molecule has 0 aliphatic carbocycles. The summed E-state index contributed by atoms with van der Waals surface area (Å²) in [6.07, 6.45) is 5.20. The number of carbonyl (C=O) groups is 1. The highest BCUT2D eigenvalue weighted by molar-refractivity contribution is 5.93. The molecule has 2 fully saturated rings. The zero-order chi connectivity index (χ0) is 14.5. The van der Waals surface area contributed by atoms with E-state index in [1.54, 1.807) is 0 Å². The number of pyridine rings is 1. The first kappa shape index (κ1) is 14.3. The first-order valence-corrected chi connectivity index (χ1v) is 7.67. The van der Waals surface area contributed by atoms with Crippen molar-refractivity contribution in [2.24, 2.45) is 0 Å². The summed E-state index contributed by atoms with van der Waals surface area (Å²) in [7, 11) is 0. The maximum Gasteiger partial charge on any atom is 0.255 e. The van der Waals surface area contributed by atoms with E-state index >= 15 is 0 Å². The summed E-state index contributed by atoms with van der Waals surface area (Å²) in [6.45, 7) is 4.10. The van der Waals surface area contributed by atoms with Gasteiger partial charge in [0.25, 0.3) is 5.91 Å². The number of anilines is 2. The van der Waals surface area contributed by atoms with E-state index in [-0.39, 0.29) is 5.91 Å². The molecular weight excluding hydrogens is 268 g/mol. The van der Waals surface area contributed by atoms with Crippen LogP contribution in [0.15, 0.2) is 18.3 Å². The molecule has 2 saturated heterocycles. The maximum atomic E-state index is 12.0. The van der Waals surface area contributed by atoms with E-state index in [4.69, 9.17) is 4.74 Å². The van der Waals surface area contributed by atoms with Gasteiger partial charge in [0.15, 0.2) is 0 Å². The molecule has 2 aliphatic heterocycles. The van der Waals surface area contributed by atoms with Crippen LogP contribution in [0.3, 0.4) is 0 Å². The molecule has 0 saturated carbocycles. The third-order valence-electron chi connectivity index (χ3n) is 3.94. The average Bonchev–Trinajstić information content (AvgIpc) is 2.57. The normalized spacial score (nSPS) is 22.9. The van der Waals surface area contributed by atoms with Crippen LogP contribution in [0.25, 0.3) is 0 Å². The Hall–Kier alpha value is -1.66. The number of rotatable bonds is 3. The number of nitrogens with one attached hydrogen (secondary N) is 2. The van der Waals surface area contributed by atoms with Crippen LogP contribution in [-0.4, -0.2) is 49.8 Å². The predicted octanol–water partition coefficient (Wildman–Crippen LogP) is 0.999. The van der Waals surface area contributed by atoms with Crippen LogP contribution < -0.4 is 15.5 Å². The molecule has 21 heavy (non-hydrogen) atoms. The Kier molecular flexibility index (Phi) is 4.67. The largest absolute Gasteiger partial charge is 0.370 e. The molecule has 0 spiro atoms. The number of nitrogens with zero attached hydrogens (tertiary/aromatic N) is 2. The summed E-state index contributed by atoms with van der Waals surface area (Å²) in [4.78, 5) is 18.7. The highest BCUT2D eigenvalue weighted by atomic mass is 16.5. The zero-order valence-electron chi connectivity index (χ0n) is 12.2. The first-order chi connectivity index (χ1) is 10.3. The van der Waals surface area contributed by atoms with Crippen molar-refractivity contribution in [3.05, 3.63) is 18.3 Å². The Balaban J connectivity index is 1.57. The van der Waals surface area contributed by atoms with Crippen LogP contribution in [0.5, 0.6) is 0 Å². The molecule has 0 aromatic carbocycles. The lowest BCUT2D eigenvalue weighted by Crippen LogP contribution is -2.45. The highest BCUT2D eigenvalue weighted by Crippen LogP contribution is 2.20. The van der Waals surface area contributed by atoms with Gasteiger partial charge in [0, 0.05) is 26.2 Å². The summed E-state index contributed by atoms with van der Waals surface area (Å²) in [5.41, 5.74) is 1.13. The molecule has 2 N–H and O–H groups in total. The Labute approximate surface area is 124 Å². The van der Waals surface area contributed by atoms with E-state index in [9.17, 15) is 4.79 Å². The van der Waals surface area contributed by atoms with E-state index in [1.807, 2.05) is 18.3 Å². The van der Waals surface area contributed by atoms with Crippen molar-refractivity contribution in [2.75, 3.05) is 43.0 Å². The summed E-state index contributed by atoms with van der Waals surface area (Å²) in [6, 6.07) is 3.88. The SMILES string of the molecule is O=C(Nc1ccc(N2CCCCC2)cn1)C1CNCCO1. The molecule has 0 radical (unpaired) electrons. The first-order valence-electron chi connectivity index (χ1n) is 7.67. The average molecular weight is 290 g/mol. The minimum Gasteiger partial charge on any atom is -0.370 e. The Morgan fingerprint density at radius 2 is 2.19 bits per heavy atom. The lowest BCUT2D eigenvalue weighted by molar-refractivity contribution is -0.128. The summed E-state index contributed by atoms with van der Waals surface area (Å²) < 4.78 is 5.42. The van der Waals surface area contributed by atoms with Gasteiger partial charge < -0.3 is 20.3 Å². The number of morpholine rings is 1. The summed E-state index contributed by atoms with van der Waals surface area (Å²) in [5.74, 6) is 0.440. The number of carbonyl (C=O) groups excluding carboxylic acids is 1. The molecular formula is C15H22N4O2. The molecule has 1 aromatic heterocycles. The van der Waals surface area contributed by atoms with Gasteiger partial charge in [-0.05, 0) is 31.4 Å². The van der Waals surface area contributed by atoms with Crippen LogP contribution in [-0.2, 0) is 9.53 Å². The third-order valence-corrected chi connectivity index (χ3v) is 3.94. The fraction of sp³-hybridized carbons (Fsp3) is 0.600. The molecule has 1 aromatic rings. The second-order valence-electron chi connectivity index (χ2n) is 5.50. The number of ether oxygens (including phenoxy) is 1. The van der Waals surface area contributed by atoms with Gasteiger partial charge in [-0.15, -0.1) is 0 Å². The fourth-order valence-electron chi connectivity index (χ4n) is 2.74. The second-order valence-corrected chi connectivity index (χ2v) is 5.50. The molecule has 3 heterocycles. The Morgan fingerprint density at radius 3 is 2.86 bits per heavy atom. The Morgan fingerprint density at radius 1 is 1.33 bits per heavy atom. The minimum absolute atomic E-state index is 0.138. The molecule has 2 aliphatic rings. The topological polar surface area (TPSA) is 66.5 Å². The van der Waals surface area contributed by atoms with E-state index in [1.165, 1.54) is 19.3 Å². The van der Waals surface area contributed by atoms with Gasteiger partial charge in [0.2, 0.25) is 0 Å². The van der Waals surface area contributed by atoms with Crippen molar-refractivity contribution in [1.82, 2.24) is 10.3 Å². The van der Waals surface area contributed by atoms with Gasteiger partial charge in [-0.1, -0.05) is 0 Å². The van der Waals surface area contributed by atoms with Crippen LogP contribution in [0.2, 0.25) is 0 Å². The summed E-state index contributed by atoms with van der Waals surface area (Å²) >= 11 is 0. The smallest absolute Gasteiger partial charge is 0.255 e. The quantitative estimate of drug-likeness (QED) is 0.869. The monoisotopic (exact) mass is 290 g/mol. The molecule has 6 nitrogen and oxygen atoms in total. The van der Waals surface area contributed by atoms with Crippen molar-refractivity contribution < 1.29 is 9.53 Å². The second kappa shape index (κ2) is 6.87. The molecule has 3 rings (SSSR count). The number of piperidine rings is 1. The van der Waals surface area contributed by atoms with Crippen LogP contribution in [0.4, 0.5) is 11.5 Å². The van der Waals surface area contributed by atoms with E-state index in [2.05, 4.69) is 20.5 Å². The number of aromatic nitrogens is 1. The Bertz CT molecular complexity index is 465. The zero-order valence-corrected chi connectivity index (χ0v) is 12.2. The molecule has 1 amide bonds. The van der Waals surface area contributed by atoms with Crippen molar-refractivity contribution in [3.63, 3.8) is 0 Å². The standard InChI is InChI=1S/C15H22N4O2/c20-15(13-11-16-6-9-21-13)18-14-5-4-12(10-17-14)19-7-2-1-3-8-19/h4-5,10,13,16H,1-3,6-9,11H2,(H,17,18,20). The van der Waals surface area contributed by atoms with Crippen molar-refractivity contribution >= 4 is 17.4 Å². The van der Waals surface area contributed by atoms with E-state index in [0.717, 1.165) is 25.3 Å². The van der Waals surface area contributed by atoms with Gasteiger partial charge in [0.05, 0.1) is 18.5 Å².